The zero-order chi connectivity index (χ0) is 14.5. The first-order valence-electron chi connectivity index (χ1n) is 8.58. The predicted molar refractivity (Wildman–Crippen MR) is 87.8 cm³/mol. The number of fused-ring (bicyclic) bond motifs is 1. The fraction of sp³-hybridized carbons (Fsp3) is 0.667. The van der Waals surface area contributed by atoms with E-state index in [-0.39, 0.29) is 6.10 Å². The van der Waals surface area contributed by atoms with Crippen molar-refractivity contribution in [2.24, 2.45) is 5.73 Å². The molecule has 1 aliphatic heterocycles. The summed E-state index contributed by atoms with van der Waals surface area (Å²) in [4.78, 5) is 2.59. The van der Waals surface area contributed by atoms with Gasteiger partial charge in [0.25, 0.3) is 0 Å². The minimum atomic E-state index is 0.282. The van der Waals surface area contributed by atoms with Gasteiger partial charge in [-0.05, 0) is 68.7 Å². The molecule has 1 atom stereocenters. The largest absolute Gasteiger partial charge is 0.373 e. The topological polar surface area (TPSA) is 38.5 Å². The molecule has 1 aromatic rings. The minimum absolute atomic E-state index is 0.282. The second-order valence-corrected chi connectivity index (χ2v) is 6.29. The van der Waals surface area contributed by atoms with Gasteiger partial charge < -0.3 is 15.4 Å². The lowest BCUT2D eigenvalue weighted by Gasteiger charge is -2.34. The maximum atomic E-state index is 6.09. The van der Waals surface area contributed by atoms with Crippen molar-refractivity contribution >= 4 is 5.69 Å². The van der Waals surface area contributed by atoms with Crippen LogP contribution in [0.2, 0.25) is 0 Å². The van der Waals surface area contributed by atoms with Crippen LogP contribution in [0, 0.1) is 0 Å². The Morgan fingerprint density at radius 3 is 2.81 bits per heavy atom. The normalized spacial score (nSPS) is 22.1. The van der Waals surface area contributed by atoms with E-state index in [1.54, 1.807) is 5.56 Å². The lowest BCUT2D eigenvalue weighted by Crippen LogP contribution is -2.31. The molecule has 3 nitrogen and oxygen atoms in total. The fourth-order valence-electron chi connectivity index (χ4n) is 3.70. The first-order chi connectivity index (χ1) is 10.4. The number of piperidine rings is 1. The summed E-state index contributed by atoms with van der Waals surface area (Å²) >= 11 is 0. The first-order valence-corrected chi connectivity index (χ1v) is 8.58. The zero-order valence-electron chi connectivity index (χ0n) is 13.0. The molecular weight excluding hydrogens is 260 g/mol. The molecule has 1 unspecified atom stereocenters. The van der Waals surface area contributed by atoms with Gasteiger partial charge in [-0.3, -0.25) is 0 Å². The van der Waals surface area contributed by atoms with Gasteiger partial charge in [-0.25, -0.2) is 0 Å². The van der Waals surface area contributed by atoms with Crippen LogP contribution >= 0.6 is 0 Å². The van der Waals surface area contributed by atoms with Crippen molar-refractivity contribution in [2.45, 2.75) is 51.0 Å². The summed E-state index contributed by atoms with van der Waals surface area (Å²) in [7, 11) is 0. The number of anilines is 1. The molecule has 2 N–H and O–H groups in total. The van der Waals surface area contributed by atoms with Crippen molar-refractivity contribution < 1.29 is 4.74 Å². The molecule has 3 heteroatoms. The first kappa shape index (κ1) is 14.9. The third-order valence-electron chi connectivity index (χ3n) is 4.79. The maximum absolute atomic E-state index is 6.09. The minimum Gasteiger partial charge on any atom is -0.373 e. The van der Waals surface area contributed by atoms with Gasteiger partial charge in [0, 0.05) is 25.4 Å². The van der Waals surface area contributed by atoms with Crippen LogP contribution in [0.3, 0.4) is 0 Å². The summed E-state index contributed by atoms with van der Waals surface area (Å²) in [6.07, 6.45) is 8.89. The Morgan fingerprint density at radius 1 is 1.14 bits per heavy atom. The van der Waals surface area contributed by atoms with Gasteiger partial charge in [0.2, 0.25) is 0 Å². The smallest absolute Gasteiger partial charge is 0.0828 e. The molecule has 2 aliphatic rings. The Hall–Kier alpha value is -1.06. The molecule has 0 spiro atoms. The summed E-state index contributed by atoms with van der Waals surface area (Å²) in [5.41, 5.74) is 10.0. The van der Waals surface area contributed by atoms with E-state index in [9.17, 15) is 0 Å². The molecule has 116 valence electrons. The van der Waals surface area contributed by atoms with Crippen molar-refractivity contribution in [3.8, 4) is 0 Å². The van der Waals surface area contributed by atoms with Crippen molar-refractivity contribution in [3.63, 3.8) is 0 Å². The van der Waals surface area contributed by atoms with E-state index < -0.39 is 0 Å². The third kappa shape index (κ3) is 3.41. The lowest BCUT2D eigenvalue weighted by molar-refractivity contribution is 0.0403. The number of hydrogen-bond acceptors (Lipinski definition) is 3. The molecule has 1 heterocycles. The quantitative estimate of drug-likeness (QED) is 0.844. The van der Waals surface area contributed by atoms with E-state index in [0.29, 0.717) is 6.54 Å². The Balaban J connectivity index is 1.79. The summed E-state index contributed by atoms with van der Waals surface area (Å²) in [6, 6.07) is 6.80. The summed E-state index contributed by atoms with van der Waals surface area (Å²) < 4.78 is 6.09. The van der Waals surface area contributed by atoms with Gasteiger partial charge in [-0.2, -0.15) is 0 Å². The van der Waals surface area contributed by atoms with Crippen molar-refractivity contribution in [3.05, 3.63) is 29.3 Å². The molecule has 3 rings (SSSR count). The summed E-state index contributed by atoms with van der Waals surface area (Å²) in [5.74, 6) is 0. The highest BCUT2D eigenvalue weighted by atomic mass is 16.5. The molecule has 0 saturated carbocycles. The monoisotopic (exact) mass is 288 g/mol. The van der Waals surface area contributed by atoms with Crippen LogP contribution in [0.1, 0.15) is 55.8 Å². The number of hydrogen-bond donors (Lipinski definition) is 1. The molecule has 0 aromatic heterocycles. The third-order valence-corrected chi connectivity index (χ3v) is 4.79. The highest BCUT2D eigenvalue weighted by Gasteiger charge is 2.24. The van der Waals surface area contributed by atoms with E-state index in [0.717, 1.165) is 19.4 Å². The standard InChI is InChI=1S/C18H28N2O/c19-11-6-14-21-18-10-5-7-15-16(18)8-4-9-17(15)20-12-2-1-3-13-20/h4,8-9,18H,1-3,5-7,10-14,19H2. The van der Waals surface area contributed by atoms with E-state index >= 15 is 0 Å². The SMILES string of the molecule is NCCCOC1CCCc2c1cccc2N1CCCCC1. The highest BCUT2D eigenvalue weighted by molar-refractivity contribution is 5.58. The van der Waals surface area contributed by atoms with E-state index in [4.69, 9.17) is 10.5 Å². The van der Waals surface area contributed by atoms with Gasteiger partial charge in [0.1, 0.15) is 0 Å². The Kier molecular flexibility index (Phi) is 5.15. The van der Waals surface area contributed by atoms with Gasteiger partial charge in [-0.1, -0.05) is 12.1 Å². The number of nitrogens with zero attached hydrogens (tertiary/aromatic N) is 1. The van der Waals surface area contributed by atoms with Crippen molar-refractivity contribution in [2.75, 3.05) is 31.1 Å². The molecule has 21 heavy (non-hydrogen) atoms. The van der Waals surface area contributed by atoms with Crippen LogP contribution in [-0.2, 0) is 11.2 Å². The molecule has 0 amide bonds. The number of ether oxygens (including phenoxy) is 1. The Labute approximate surface area is 128 Å². The molecular formula is C18H28N2O. The summed E-state index contributed by atoms with van der Waals surface area (Å²) in [5, 5.41) is 0. The number of rotatable bonds is 5. The summed E-state index contributed by atoms with van der Waals surface area (Å²) in [6.45, 7) is 3.94. The zero-order valence-corrected chi connectivity index (χ0v) is 13.0. The molecule has 1 saturated heterocycles. The van der Waals surface area contributed by atoms with E-state index in [2.05, 4.69) is 23.1 Å². The van der Waals surface area contributed by atoms with Gasteiger partial charge in [-0.15, -0.1) is 0 Å². The van der Waals surface area contributed by atoms with E-state index in [1.165, 1.54) is 56.4 Å². The van der Waals surface area contributed by atoms with Gasteiger partial charge in [0.05, 0.1) is 6.10 Å². The van der Waals surface area contributed by atoms with Crippen LogP contribution < -0.4 is 10.6 Å². The van der Waals surface area contributed by atoms with Gasteiger partial charge >= 0.3 is 0 Å². The fourth-order valence-corrected chi connectivity index (χ4v) is 3.70. The van der Waals surface area contributed by atoms with Crippen molar-refractivity contribution in [1.29, 1.82) is 0 Å². The van der Waals surface area contributed by atoms with Crippen LogP contribution in [0.15, 0.2) is 18.2 Å². The number of benzene rings is 1. The molecule has 0 bridgehead atoms. The molecule has 1 aliphatic carbocycles. The average Bonchev–Trinajstić information content (AvgIpc) is 2.55. The lowest BCUT2D eigenvalue weighted by atomic mass is 9.87. The van der Waals surface area contributed by atoms with Crippen LogP contribution in [0.5, 0.6) is 0 Å². The van der Waals surface area contributed by atoms with Crippen LogP contribution in [0.25, 0.3) is 0 Å². The molecule has 1 aromatic carbocycles. The Morgan fingerprint density at radius 2 is 2.00 bits per heavy atom. The molecule has 0 radical (unpaired) electrons. The van der Waals surface area contributed by atoms with Crippen LogP contribution in [0.4, 0.5) is 5.69 Å². The average molecular weight is 288 g/mol. The highest BCUT2D eigenvalue weighted by Crippen LogP contribution is 2.38. The van der Waals surface area contributed by atoms with Crippen LogP contribution in [-0.4, -0.2) is 26.2 Å². The second-order valence-electron chi connectivity index (χ2n) is 6.29. The predicted octanol–water partition coefficient (Wildman–Crippen LogP) is 3.42. The van der Waals surface area contributed by atoms with Crippen molar-refractivity contribution in [1.82, 2.24) is 0 Å². The second kappa shape index (κ2) is 7.28. The van der Waals surface area contributed by atoms with E-state index in [1.807, 2.05) is 0 Å². The molecule has 1 fully saturated rings. The maximum Gasteiger partial charge on any atom is 0.0828 e. The number of nitrogens with two attached hydrogens (primary N) is 1. The Bertz CT molecular complexity index is 455. The van der Waals surface area contributed by atoms with Gasteiger partial charge in [0.15, 0.2) is 0 Å².